The van der Waals surface area contributed by atoms with Crippen LogP contribution in [-0.2, 0) is 9.47 Å². The lowest BCUT2D eigenvalue weighted by molar-refractivity contribution is 0.0260. The molecule has 0 amide bonds. The molecule has 3 rings (SSSR count). The number of rotatable bonds is 10. The molecule has 1 N–H and O–H groups in total. The number of likely N-dealkylation sites (tertiary alicyclic amines) is 1. The molecule has 29 heavy (non-hydrogen) atoms. The summed E-state index contributed by atoms with van der Waals surface area (Å²) in [7, 11) is 0. The third kappa shape index (κ3) is 7.57. The first kappa shape index (κ1) is 23.6. The van der Waals surface area contributed by atoms with Gasteiger partial charge in [0.25, 0.3) is 0 Å². The van der Waals surface area contributed by atoms with Crippen LogP contribution >= 0.6 is 12.4 Å². The molecule has 0 aliphatic carbocycles. The number of benzene rings is 2. The third-order valence-electron chi connectivity index (χ3n) is 5.10. The maximum atomic E-state index is 8.67. The molecule has 4 nitrogen and oxygen atoms in total. The molecule has 0 aromatic heterocycles. The Morgan fingerprint density at radius 3 is 1.79 bits per heavy atom. The quantitative estimate of drug-likeness (QED) is 0.592. The molecule has 0 atom stereocenters. The number of aliphatic hydroxyl groups excluding tert-OH is 1. The van der Waals surface area contributed by atoms with Crippen molar-refractivity contribution in [2.24, 2.45) is 0 Å². The Balaban J connectivity index is 0.00000300. The summed E-state index contributed by atoms with van der Waals surface area (Å²) in [6.45, 7) is 5.42. The Morgan fingerprint density at radius 1 is 0.759 bits per heavy atom. The van der Waals surface area contributed by atoms with Gasteiger partial charge in [0.2, 0.25) is 0 Å². The molecule has 158 valence electrons. The molecule has 0 radical (unpaired) electrons. The molecule has 0 saturated carbocycles. The zero-order chi connectivity index (χ0) is 19.4. The molecule has 2 aromatic rings. The predicted molar refractivity (Wildman–Crippen MR) is 121 cm³/mol. The number of hydrogen-bond donors (Lipinski definition) is 1. The lowest BCUT2D eigenvalue weighted by atomic mass is 9.88. The second kappa shape index (κ2) is 13.5. The molecule has 5 heteroatoms. The molecule has 1 saturated heterocycles. The largest absolute Gasteiger partial charge is 0.394 e. The van der Waals surface area contributed by atoms with Crippen LogP contribution in [0.15, 0.2) is 66.2 Å². The van der Waals surface area contributed by atoms with Gasteiger partial charge in [0.15, 0.2) is 0 Å². The highest BCUT2D eigenvalue weighted by molar-refractivity contribution is 5.85. The minimum atomic E-state index is 0. The summed E-state index contributed by atoms with van der Waals surface area (Å²) in [6.07, 6.45) is 2.19. The first-order valence-corrected chi connectivity index (χ1v) is 10.2. The smallest absolute Gasteiger partial charge is 0.0701 e. The van der Waals surface area contributed by atoms with E-state index in [1.807, 2.05) is 0 Å². The first-order valence-electron chi connectivity index (χ1n) is 10.2. The van der Waals surface area contributed by atoms with Crippen LogP contribution in [0.1, 0.15) is 24.0 Å². The Labute approximate surface area is 180 Å². The molecule has 1 aliphatic heterocycles. The van der Waals surface area contributed by atoms with Gasteiger partial charge in [-0.2, -0.15) is 0 Å². The van der Waals surface area contributed by atoms with Crippen molar-refractivity contribution in [3.8, 4) is 0 Å². The van der Waals surface area contributed by atoms with E-state index < -0.39 is 0 Å². The van der Waals surface area contributed by atoms with Crippen LogP contribution in [-0.4, -0.2) is 62.7 Å². The first-order chi connectivity index (χ1) is 13.9. The van der Waals surface area contributed by atoms with E-state index in [0.29, 0.717) is 19.8 Å². The SMILES string of the molecule is Cl.OCCOCCOCCN1CCC(=C(c2ccccc2)c2ccccc2)CC1. The summed E-state index contributed by atoms with van der Waals surface area (Å²) in [4.78, 5) is 2.48. The maximum absolute atomic E-state index is 8.67. The average Bonchev–Trinajstić information content (AvgIpc) is 2.76. The predicted octanol–water partition coefficient (Wildman–Crippen LogP) is 4.03. The summed E-state index contributed by atoms with van der Waals surface area (Å²) >= 11 is 0. The van der Waals surface area contributed by atoms with Crippen molar-refractivity contribution in [2.75, 3.05) is 52.7 Å². The Kier molecular flexibility index (Phi) is 11.0. The van der Waals surface area contributed by atoms with Gasteiger partial charge in [-0.25, -0.2) is 0 Å². The molecular formula is C24H32ClNO3. The van der Waals surface area contributed by atoms with Crippen molar-refractivity contribution in [2.45, 2.75) is 12.8 Å². The Hall–Kier alpha value is -1.69. The second-order valence-electron chi connectivity index (χ2n) is 7.00. The number of aliphatic hydroxyl groups is 1. The molecule has 1 aliphatic rings. The highest BCUT2D eigenvalue weighted by atomic mass is 35.5. The van der Waals surface area contributed by atoms with E-state index in [0.717, 1.165) is 39.1 Å². The summed E-state index contributed by atoms with van der Waals surface area (Å²) in [5, 5.41) is 8.67. The van der Waals surface area contributed by atoms with Crippen LogP contribution < -0.4 is 0 Å². The van der Waals surface area contributed by atoms with Gasteiger partial charge in [0.05, 0.1) is 33.0 Å². The van der Waals surface area contributed by atoms with E-state index in [2.05, 4.69) is 65.6 Å². The van der Waals surface area contributed by atoms with Crippen LogP contribution in [0.25, 0.3) is 5.57 Å². The van der Waals surface area contributed by atoms with E-state index in [1.165, 1.54) is 16.7 Å². The van der Waals surface area contributed by atoms with Crippen molar-refractivity contribution in [1.82, 2.24) is 4.90 Å². The van der Waals surface area contributed by atoms with Gasteiger partial charge in [-0.05, 0) is 29.5 Å². The molecule has 0 spiro atoms. The van der Waals surface area contributed by atoms with Crippen molar-refractivity contribution in [3.63, 3.8) is 0 Å². The summed E-state index contributed by atoms with van der Waals surface area (Å²) in [6, 6.07) is 21.5. The van der Waals surface area contributed by atoms with Gasteiger partial charge in [0.1, 0.15) is 0 Å². The molecule has 0 bridgehead atoms. The number of piperidine rings is 1. The third-order valence-corrected chi connectivity index (χ3v) is 5.10. The monoisotopic (exact) mass is 417 g/mol. The fourth-order valence-corrected chi connectivity index (χ4v) is 3.66. The number of nitrogens with zero attached hydrogens (tertiary/aromatic N) is 1. The Bertz CT molecular complexity index is 670. The van der Waals surface area contributed by atoms with Crippen LogP contribution in [0.3, 0.4) is 0 Å². The summed E-state index contributed by atoms with van der Waals surface area (Å²) in [5.74, 6) is 0. The van der Waals surface area contributed by atoms with Crippen molar-refractivity contribution in [3.05, 3.63) is 77.4 Å². The van der Waals surface area contributed by atoms with Gasteiger partial charge < -0.3 is 19.5 Å². The fraction of sp³-hybridized carbons (Fsp3) is 0.417. The van der Waals surface area contributed by atoms with Crippen LogP contribution in [0.2, 0.25) is 0 Å². The summed E-state index contributed by atoms with van der Waals surface area (Å²) < 4.78 is 10.8. The van der Waals surface area contributed by atoms with E-state index in [4.69, 9.17) is 14.6 Å². The summed E-state index contributed by atoms with van der Waals surface area (Å²) in [5.41, 5.74) is 5.57. The fourth-order valence-electron chi connectivity index (χ4n) is 3.66. The molecular weight excluding hydrogens is 386 g/mol. The molecule has 0 unspecified atom stereocenters. The van der Waals surface area contributed by atoms with Gasteiger partial charge in [-0.1, -0.05) is 66.2 Å². The lowest BCUT2D eigenvalue weighted by Crippen LogP contribution is -2.34. The molecule has 2 aromatic carbocycles. The van der Waals surface area contributed by atoms with E-state index in [1.54, 1.807) is 5.57 Å². The van der Waals surface area contributed by atoms with Gasteiger partial charge >= 0.3 is 0 Å². The van der Waals surface area contributed by atoms with Gasteiger partial charge in [-0.15, -0.1) is 12.4 Å². The number of halogens is 1. The normalized spacial score (nSPS) is 14.4. The zero-order valence-corrected chi connectivity index (χ0v) is 17.8. The van der Waals surface area contributed by atoms with E-state index in [9.17, 15) is 0 Å². The van der Waals surface area contributed by atoms with Gasteiger partial charge in [0, 0.05) is 19.6 Å². The van der Waals surface area contributed by atoms with E-state index in [-0.39, 0.29) is 19.0 Å². The van der Waals surface area contributed by atoms with Crippen molar-refractivity contribution >= 4 is 18.0 Å². The highest BCUT2D eigenvalue weighted by Gasteiger charge is 2.18. The zero-order valence-electron chi connectivity index (χ0n) is 17.0. The standard InChI is InChI=1S/C24H31NO3.ClH/c26-16-18-28-20-19-27-17-15-25-13-11-23(12-14-25)24(21-7-3-1-4-8-21)22-9-5-2-6-10-22;/h1-10,26H,11-20H2;1H. The van der Waals surface area contributed by atoms with Crippen molar-refractivity contribution in [1.29, 1.82) is 0 Å². The molecule has 1 fully saturated rings. The molecule has 1 heterocycles. The second-order valence-corrected chi connectivity index (χ2v) is 7.00. The van der Waals surface area contributed by atoms with Crippen molar-refractivity contribution < 1.29 is 14.6 Å². The topological polar surface area (TPSA) is 41.9 Å². The number of ether oxygens (including phenoxy) is 2. The lowest BCUT2D eigenvalue weighted by Gasteiger charge is -2.30. The maximum Gasteiger partial charge on any atom is 0.0701 e. The average molecular weight is 418 g/mol. The number of hydrogen-bond acceptors (Lipinski definition) is 4. The van der Waals surface area contributed by atoms with E-state index >= 15 is 0 Å². The van der Waals surface area contributed by atoms with Crippen LogP contribution in [0.4, 0.5) is 0 Å². The highest BCUT2D eigenvalue weighted by Crippen LogP contribution is 2.32. The minimum Gasteiger partial charge on any atom is -0.394 e. The minimum absolute atomic E-state index is 0. The Morgan fingerprint density at radius 2 is 1.28 bits per heavy atom. The van der Waals surface area contributed by atoms with Crippen LogP contribution in [0.5, 0.6) is 0 Å². The van der Waals surface area contributed by atoms with Crippen LogP contribution in [0, 0.1) is 0 Å². The van der Waals surface area contributed by atoms with Gasteiger partial charge in [-0.3, -0.25) is 0 Å².